The fourth-order valence-corrected chi connectivity index (χ4v) is 3.47. The van der Waals surface area contributed by atoms with E-state index in [4.69, 9.17) is 5.26 Å². The molecular formula is C23H26N4O2. The zero-order valence-electron chi connectivity index (χ0n) is 16.9. The molecule has 6 heteroatoms. The van der Waals surface area contributed by atoms with Gasteiger partial charge in [-0.3, -0.25) is 9.59 Å². The Morgan fingerprint density at radius 3 is 2.28 bits per heavy atom. The molecule has 150 valence electrons. The minimum Gasteiger partial charge on any atom is -0.372 e. The summed E-state index contributed by atoms with van der Waals surface area (Å²) in [6, 6.07) is 16.5. The molecule has 2 aromatic rings. The molecule has 0 bridgehead atoms. The van der Waals surface area contributed by atoms with Crippen LogP contribution in [-0.2, 0) is 9.59 Å². The number of carbonyl (C=O) groups excluding carboxylic acids is 2. The minimum atomic E-state index is -0.274. The number of piperidine rings is 1. The molecular weight excluding hydrogens is 364 g/mol. The number of nitrogens with zero attached hydrogens (tertiary/aromatic N) is 3. The molecule has 0 aliphatic carbocycles. The van der Waals surface area contributed by atoms with Gasteiger partial charge in [0.25, 0.3) is 0 Å². The Kier molecular flexibility index (Phi) is 6.50. The number of hydrogen-bond acceptors (Lipinski definition) is 4. The van der Waals surface area contributed by atoms with Crippen molar-refractivity contribution in [2.24, 2.45) is 5.92 Å². The maximum atomic E-state index is 12.5. The summed E-state index contributed by atoms with van der Waals surface area (Å²) >= 11 is 0. The van der Waals surface area contributed by atoms with Gasteiger partial charge in [0.2, 0.25) is 11.8 Å². The lowest BCUT2D eigenvalue weighted by Gasteiger charge is -2.32. The van der Waals surface area contributed by atoms with Gasteiger partial charge in [-0.2, -0.15) is 5.26 Å². The summed E-state index contributed by atoms with van der Waals surface area (Å²) in [4.78, 5) is 28.2. The lowest BCUT2D eigenvalue weighted by Crippen LogP contribution is -2.36. The number of nitriles is 1. The van der Waals surface area contributed by atoms with Crippen LogP contribution in [0.15, 0.2) is 48.5 Å². The van der Waals surface area contributed by atoms with Crippen molar-refractivity contribution in [3.8, 4) is 6.07 Å². The second-order valence-corrected chi connectivity index (χ2v) is 7.53. The van der Waals surface area contributed by atoms with Gasteiger partial charge in [0, 0.05) is 37.1 Å². The van der Waals surface area contributed by atoms with Crippen LogP contribution in [0, 0.1) is 17.2 Å². The molecule has 2 aromatic carbocycles. The first-order valence-corrected chi connectivity index (χ1v) is 9.89. The predicted octanol–water partition coefficient (Wildman–Crippen LogP) is 3.79. The molecule has 1 aliphatic heterocycles. The van der Waals surface area contributed by atoms with E-state index in [1.165, 1.54) is 24.7 Å². The average molecular weight is 390 g/mol. The molecule has 0 saturated carbocycles. The van der Waals surface area contributed by atoms with Crippen LogP contribution in [0.1, 0.15) is 32.3 Å². The maximum absolute atomic E-state index is 12.5. The summed E-state index contributed by atoms with van der Waals surface area (Å²) in [5.74, 6) is 0.272. The summed E-state index contributed by atoms with van der Waals surface area (Å²) < 4.78 is 0. The van der Waals surface area contributed by atoms with E-state index >= 15 is 0 Å². The predicted molar refractivity (Wildman–Crippen MR) is 115 cm³/mol. The quantitative estimate of drug-likeness (QED) is 0.843. The van der Waals surface area contributed by atoms with Crippen LogP contribution in [-0.4, -0.2) is 31.4 Å². The lowest BCUT2D eigenvalue weighted by molar-refractivity contribution is -0.120. The fraction of sp³-hybridized carbons (Fsp3) is 0.348. The van der Waals surface area contributed by atoms with Crippen molar-refractivity contribution in [2.75, 3.05) is 34.8 Å². The molecule has 1 saturated heterocycles. The second-order valence-electron chi connectivity index (χ2n) is 7.53. The molecule has 2 amide bonds. The van der Waals surface area contributed by atoms with Crippen molar-refractivity contribution in [3.05, 3.63) is 54.1 Å². The molecule has 0 aromatic heterocycles. The molecule has 0 atom stereocenters. The number of rotatable bonds is 5. The van der Waals surface area contributed by atoms with E-state index in [1.54, 1.807) is 24.3 Å². The first-order chi connectivity index (χ1) is 14.0. The Balaban J connectivity index is 1.61. The number of amides is 2. The highest BCUT2D eigenvalue weighted by Crippen LogP contribution is 2.24. The standard InChI is InChI=1S/C23H26N4O2/c1-17-11-13-26(14-12-17)21-9-5-20(6-10-21)25-23(29)16-27(18(2)28)22-7-3-19(15-24)4-8-22/h3-10,17H,11-14,16H2,1-2H3,(H,25,29). The minimum absolute atomic E-state index is 0.0903. The highest BCUT2D eigenvalue weighted by Gasteiger charge is 2.17. The number of carbonyl (C=O) groups is 2. The normalized spacial score (nSPS) is 14.2. The van der Waals surface area contributed by atoms with Crippen molar-refractivity contribution in [1.29, 1.82) is 5.26 Å². The highest BCUT2D eigenvalue weighted by molar-refractivity contribution is 6.01. The number of anilines is 3. The van der Waals surface area contributed by atoms with Crippen LogP contribution in [0.25, 0.3) is 0 Å². The zero-order valence-corrected chi connectivity index (χ0v) is 16.9. The van der Waals surface area contributed by atoms with Crippen LogP contribution >= 0.6 is 0 Å². The van der Waals surface area contributed by atoms with Gasteiger partial charge in [0.15, 0.2) is 0 Å². The topological polar surface area (TPSA) is 76.4 Å². The highest BCUT2D eigenvalue weighted by atomic mass is 16.2. The third kappa shape index (κ3) is 5.35. The van der Waals surface area contributed by atoms with Crippen LogP contribution < -0.4 is 15.1 Å². The van der Waals surface area contributed by atoms with E-state index < -0.39 is 0 Å². The van der Waals surface area contributed by atoms with E-state index in [2.05, 4.69) is 17.1 Å². The van der Waals surface area contributed by atoms with Crippen molar-refractivity contribution in [2.45, 2.75) is 26.7 Å². The SMILES string of the molecule is CC(=O)N(CC(=O)Nc1ccc(N2CCC(C)CC2)cc1)c1ccc(C#N)cc1. The van der Waals surface area contributed by atoms with Gasteiger partial charge in [-0.15, -0.1) is 0 Å². The molecule has 1 heterocycles. The van der Waals surface area contributed by atoms with Gasteiger partial charge in [-0.05, 0) is 67.3 Å². The van der Waals surface area contributed by atoms with Crippen molar-refractivity contribution in [3.63, 3.8) is 0 Å². The number of hydrogen-bond donors (Lipinski definition) is 1. The molecule has 0 spiro atoms. The average Bonchev–Trinajstić information content (AvgIpc) is 2.73. The molecule has 6 nitrogen and oxygen atoms in total. The van der Waals surface area contributed by atoms with Gasteiger partial charge >= 0.3 is 0 Å². The molecule has 1 aliphatic rings. The smallest absolute Gasteiger partial charge is 0.244 e. The number of benzene rings is 2. The first-order valence-electron chi connectivity index (χ1n) is 9.89. The van der Waals surface area contributed by atoms with Crippen molar-refractivity contribution < 1.29 is 9.59 Å². The third-order valence-electron chi connectivity index (χ3n) is 5.29. The summed E-state index contributed by atoms with van der Waals surface area (Å²) in [6.45, 7) is 5.74. The fourth-order valence-electron chi connectivity index (χ4n) is 3.47. The molecule has 29 heavy (non-hydrogen) atoms. The van der Waals surface area contributed by atoms with Crippen molar-refractivity contribution >= 4 is 28.9 Å². The van der Waals surface area contributed by atoms with Crippen LogP contribution in [0.3, 0.4) is 0 Å². The monoisotopic (exact) mass is 390 g/mol. The van der Waals surface area contributed by atoms with E-state index in [1.807, 2.05) is 30.3 Å². The Hall–Kier alpha value is -3.33. The van der Waals surface area contributed by atoms with Crippen LogP contribution in [0.2, 0.25) is 0 Å². The Morgan fingerprint density at radius 1 is 1.10 bits per heavy atom. The summed E-state index contributed by atoms with van der Waals surface area (Å²) in [6.07, 6.45) is 2.41. The molecule has 1 fully saturated rings. The molecule has 0 radical (unpaired) electrons. The summed E-state index contributed by atoms with van der Waals surface area (Å²) in [5.41, 5.74) is 2.96. The van der Waals surface area contributed by atoms with Crippen LogP contribution in [0.4, 0.5) is 17.1 Å². The van der Waals surface area contributed by atoms with E-state index in [9.17, 15) is 9.59 Å². The summed E-state index contributed by atoms with van der Waals surface area (Å²) in [5, 5.41) is 11.8. The molecule has 1 N–H and O–H groups in total. The van der Waals surface area contributed by atoms with Gasteiger partial charge in [-0.1, -0.05) is 6.92 Å². The molecule has 0 unspecified atom stereocenters. The largest absolute Gasteiger partial charge is 0.372 e. The maximum Gasteiger partial charge on any atom is 0.244 e. The van der Waals surface area contributed by atoms with Gasteiger partial charge in [-0.25, -0.2) is 0 Å². The Labute approximate surface area is 171 Å². The second kappa shape index (κ2) is 9.24. The van der Waals surface area contributed by atoms with Crippen LogP contribution in [0.5, 0.6) is 0 Å². The Bertz CT molecular complexity index is 892. The van der Waals surface area contributed by atoms with E-state index in [-0.39, 0.29) is 18.4 Å². The number of nitrogens with one attached hydrogen (secondary N) is 1. The summed E-state index contributed by atoms with van der Waals surface area (Å²) in [7, 11) is 0. The van der Waals surface area contributed by atoms with E-state index in [0.717, 1.165) is 24.7 Å². The van der Waals surface area contributed by atoms with Gasteiger partial charge in [0.05, 0.1) is 11.6 Å². The zero-order chi connectivity index (χ0) is 20.8. The van der Waals surface area contributed by atoms with E-state index in [0.29, 0.717) is 16.9 Å². The van der Waals surface area contributed by atoms with Gasteiger partial charge < -0.3 is 15.1 Å². The molecule has 3 rings (SSSR count). The first kappa shape index (κ1) is 20.4. The third-order valence-corrected chi connectivity index (χ3v) is 5.29. The van der Waals surface area contributed by atoms with Gasteiger partial charge in [0.1, 0.15) is 6.54 Å². The Morgan fingerprint density at radius 2 is 1.72 bits per heavy atom. The van der Waals surface area contributed by atoms with Crippen molar-refractivity contribution in [1.82, 2.24) is 0 Å². The lowest BCUT2D eigenvalue weighted by atomic mass is 9.99.